The van der Waals surface area contributed by atoms with Gasteiger partial charge in [0.15, 0.2) is 0 Å². The third kappa shape index (κ3) is 3.66. The van der Waals surface area contributed by atoms with Crippen LogP contribution in [0.25, 0.3) is 21.8 Å². The van der Waals surface area contributed by atoms with E-state index in [9.17, 15) is 4.79 Å². The number of ether oxygens (including phenoxy) is 1. The molecule has 2 heterocycles. The van der Waals surface area contributed by atoms with Gasteiger partial charge in [0.2, 0.25) is 0 Å². The molecular weight excluding hydrogens is 332 g/mol. The van der Waals surface area contributed by atoms with Crippen LogP contribution in [0.1, 0.15) is 12.7 Å². The van der Waals surface area contributed by atoms with E-state index in [2.05, 4.69) is 0 Å². The van der Waals surface area contributed by atoms with Crippen molar-refractivity contribution in [2.75, 3.05) is 6.61 Å². The van der Waals surface area contributed by atoms with Crippen LogP contribution in [-0.2, 0) is 16.0 Å². The highest BCUT2D eigenvalue weighted by Gasteiger charge is 2.18. The molecule has 0 fully saturated rings. The van der Waals surface area contributed by atoms with E-state index in [1.165, 1.54) is 11.3 Å². The number of furan rings is 1. The van der Waals surface area contributed by atoms with Gasteiger partial charge in [-0.2, -0.15) is 0 Å². The molecule has 5 heteroatoms. The molecule has 0 N–H and O–H groups in total. The van der Waals surface area contributed by atoms with Crippen LogP contribution in [0.5, 0.6) is 0 Å². The second-order valence-electron chi connectivity index (χ2n) is 4.90. The number of carbonyl (C=O) groups excluding carboxylic acids is 1. The maximum absolute atomic E-state index is 11.8. The van der Waals surface area contributed by atoms with Crippen LogP contribution in [-0.4, -0.2) is 12.6 Å². The van der Waals surface area contributed by atoms with E-state index in [4.69, 9.17) is 20.8 Å². The van der Waals surface area contributed by atoms with Gasteiger partial charge >= 0.3 is 5.97 Å². The molecule has 0 aliphatic rings. The number of thiophene rings is 1. The van der Waals surface area contributed by atoms with Crippen LogP contribution in [0.15, 0.2) is 52.9 Å². The summed E-state index contributed by atoms with van der Waals surface area (Å²) >= 11 is 7.50. The largest absolute Gasteiger partial charge is 0.466 e. The molecule has 0 atom stereocenters. The van der Waals surface area contributed by atoms with Gasteiger partial charge in [-0.15, -0.1) is 11.3 Å². The lowest BCUT2D eigenvalue weighted by molar-refractivity contribution is -0.142. The van der Waals surface area contributed by atoms with Crippen LogP contribution < -0.4 is 0 Å². The van der Waals surface area contributed by atoms with Crippen molar-refractivity contribution >= 4 is 28.9 Å². The van der Waals surface area contributed by atoms with Gasteiger partial charge in [0.05, 0.1) is 10.9 Å². The Morgan fingerprint density at radius 1 is 1.22 bits per heavy atom. The van der Waals surface area contributed by atoms with Gasteiger partial charge in [-0.1, -0.05) is 41.9 Å². The monoisotopic (exact) mass is 346 g/mol. The van der Waals surface area contributed by atoms with Crippen LogP contribution in [0.2, 0.25) is 4.34 Å². The fraction of sp³-hybridized carbons (Fsp3) is 0.167. The van der Waals surface area contributed by atoms with Crippen molar-refractivity contribution < 1.29 is 13.9 Å². The van der Waals surface area contributed by atoms with Crippen molar-refractivity contribution in [1.29, 1.82) is 0 Å². The molecule has 0 amide bonds. The van der Waals surface area contributed by atoms with Crippen molar-refractivity contribution in [3.8, 4) is 21.8 Å². The molecule has 2 aromatic heterocycles. The Labute approximate surface area is 143 Å². The molecule has 118 valence electrons. The minimum absolute atomic E-state index is 0.103. The van der Waals surface area contributed by atoms with E-state index in [0.717, 1.165) is 21.8 Å². The Bertz CT molecular complexity index is 805. The molecule has 0 saturated heterocycles. The second kappa shape index (κ2) is 7.02. The van der Waals surface area contributed by atoms with E-state index in [1.807, 2.05) is 48.5 Å². The Morgan fingerprint density at radius 3 is 2.65 bits per heavy atom. The number of hydrogen-bond donors (Lipinski definition) is 0. The predicted octanol–water partition coefficient (Wildman–Crippen LogP) is 5.43. The first-order chi connectivity index (χ1) is 11.2. The first kappa shape index (κ1) is 15.8. The van der Waals surface area contributed by atoms with Gasteiger partial charge < -0.3 is 9.15 Å². The zero-order valence-electron chi connectivity index (χ0n) is 12.5. The molecule has 0 aliphatic carbocycles. The van der Waals surface area contributed by atoms with E-state index in [0.29, 0.717) is 16.7 Å². The van der Waals surface area contributed by atoms with Crippen molar-refractivity contribution in [2.45, 2.75) is 13.3 Å². The Kier molecular flexibility index (Phi) is 4.84. The summed E-state index contributed by atoms with van der Waals surface area (Å²) in [5, 5.41) is 0. The zero-order chi connectivity index (χ0) is 16.2. The summed E-state index contributed by atoms with van der Waals surface area (Å²) in [5.74, 6) is 1.02. The quantitative estimate of drug-likeness (QED) is 0.578. The predicted molar refractivity (Wildman–Crippen MR) is 92.8 cm³/mol. The maximum atomic E-state index is 11.8. The van der Waals surface area contributed by atoms with E-state index < -0.39 is 0 Å². The summed E-state index contributed by atoms with van der Waals surface area (Å²) in [6.45, 7) is 2.14. The molecule has 0 spiro atoms. The number of esters is 1. The normalized spacial score (nSPS) is 10.7. The van der Waals surface area contributed by atoms with Crippen LogP contribution in [0.3, 0.4) is 0 Å². The molecule has 23 heavy (non-hydrogen) atoms. The van der Waals surface area contributed by atoms with Gasteiger partial charge in [0, 0.05) is 16.0 Å². The lowest BCUT2D eigenvalue weighted by Gasteiger charge is -2.01. The maximum Gasteiger partial charge on any atom is 0.313 e. The topological polar surface area (TPSA) is 39.4 Å². The third-order valence-electron chi connectivity index (χ3n) is 3.32. The van der Waals surface area contributed by atoms with Crippen molar-refractivity contribution in [2.24, 2.45) is 0 Å². The first-order valence-electron chi connectivity index (χ1n) is 7.27. The molecule has 1 aromatic carbocycles. The van der Waals surface area contributed by atoms with E-state index >= 15 is 0 Å². The lowest BCUT2D eigenvalue weighted by Crippen LogP contribution is -2.07. The molecule has 0 radical (unpaired) electrons. The molecule has 0 aliphatic heterocycles. The van der Waals surface area contributed by atoms with Gasteiger partial charge in [-0.3, -0.25) is 4.79 Å². The summed E-state index contributed by atoms with van der Waals surface area (Å²) in [6, 6.07) is 15.5. The molecule has 3 rings (SSSR count). The van der Waals surface area contributed by atoms with Gasteiger partial charge in [0.25, 0.3) is 0 Å². The number of halogens is 1. The highest BCUT2D eigenvalue weighted by atomic mass is 35.5. The van der Waals surface area contributed by atoms with Gasteiger partial charge in [0.1, 0.15) is 17.9 Å². The average molecular weight is 347 g/mol. The lowest BCUT2D eigenvalue weighted by atomic mass is 10.1. The summed E-state index contributed by atoms with van der Waals surface area (Å²) in [4.78, 5) is 12.8. The molecule has 3 aromatic rings. The van der Waals surface area contributed by atoms with Crippen LogP contribution in [0, 0.1) is 0 Å². The second-order valence-corrected chi connectivity index (χ2v) is 6.61. The van der Waals surface area contributed by atoms with Crippen LogP contribution >= 0.6 is 22.9 Å². The van der Waals surface area contributed by atoms with Crippen molar-refractivity contribution in [1.82, 2.24) is 0 Å². The van der Waals surface area contributed by atoms with Crippen molar-refractivity contribution in [3.63, 3.8) is 0 Å². The summed E-state index contributed by atoms with van der Waals surface area (Å²) < 4.78 is 11.7. The Balaban J connectivity index is 2.01. The summed E-state index contributed by atoms with van der Waals surface area (Å²) in [5.41, 5.74) is 1.85. The van der Waals surface area contributed by atoms with E-state index in [1.54, 1.807) is 6.92 Å². The van der Waals surface area contributed by atoms with Crippen molar-refractivity contribution in [3.05, 3.63) is 58.6 Å². The number of benzene rings is 1. The minimum Gasteiger partial charge on any atom is -0.466 e. The molecular formula is C18H15ClO3S. The minimum atomic E-state index is -0.301. The van der Waals surface area contributed by atoms with Crippen LogP contribution in [0.4, 0.5) is 0 Å². The number of carbonyl (C=O) groups is 1. The highest BCUT2D eigenvalue weighted by molar-refractivity contribution is 7.19. The molecule has 0 saturated carbocycles. The summed E-state index contributed by atoms with van der Waals surface area (Å²) in [7, 11) is 0. The molecule has 0 unspecified atom stereocenters. The third-order valence-corrected chi connectivity index (χ3v) is 4.58. The Hall–Kier alpha value is -2.04. The smallest absolute Gasteiger partial charge is 0.313 e. The molecule has 3 nitrogen and oxygen atoms in total. The summed E-state index contributed by atoms with van der Waals surface area (Å²) in [6.07, 6.45) is 0.103. The fourth-order valence-corrected chi connectivity index (χ4v) is 3.39. The van der Waals surface area contributed by atoms with E-state index in [-0.39, 0.29) is 12.4 Å². The molecule has 0 bridgehead atoms. The first-order valence-corrected chi connectivity index (χ1v) is 8.46. The highest BCUT2D eigenvalue weighted by Crippen LogP contribution is 2.38. The number of hydrogen-bond acceptors (Lipinski definition) is 4. The zero-order valence-corrected chi connectivity index (χ0v) is 14.1. The van der Waals surface area contributed by atoms with Gasteiger partial charge in [-0.05, 0) is 25.1 Å². The standard InChI is InChI=1S/C18H15ClO3S/c1-2-21-18(20)11-15-13(16-8-9-17(19)23-16)10-14(22-15)12-6-4-3-5-7-12/h3-10H,2,11H2,1H3. The number of rotatable bonds is 5. The van der Waals surface area contributed by atoms with Gasteiger partial charge in [-0.25, -0.2) is 0 Å². The Morgan fingerprint density at radius 2 is 2.00 bits per heavy atom. The average Bonchev–Trinajstić information content (AvgIpc) is 3.15. The fourth-order valence-electron chi connectivity index (χ4n) is 2.32. The SMILES string of the molecule is CCOC(=O)Cc1oc(-c2ccccc2)cc1-c1ccc(Cl)s1.